The number of aryl methyl sites for hydroxylation is 2. The number of Topliss-reactive ketones (excluding diaryl/α,β-unsaturated/α-hetero) is 1. The van der Waals surface area contributed by atoms with Crippen LogP contribution in [-0.4, -0.2) is 46.1 Å². The van der Waals surface area contributed by atoms with Gasteiger partial charge in [-0.3, -0.25) is 9.69 Å². The summed E-state index contributed by atoms with van der Waals surface area (Å²) in [6, 6.07) is 33.7. The summed E-state index contributed by atoms with van der Waals surface area (Å²) in [5, 5.41) is 18.4. The largest absolute Gasteiger partial charge is 0.375 e. The summed E-state index contributed by atoms with van der Waals surface area (Å²) < 4.78 is 10.3. The van der Waals surface area contributed by atoms with E-state index in [0.29, 0.717) is 43.0 Å². The molecule has 0 aliphatic carbocycles. The molecule has 0 bridgehead atoms. The Morgan fingerprint density at radius 2 is 1.30 bits per heavy atom. The molecule has 0 amide bonds. The Morgan fingerprint density at radius 3 is 1.89 bits per heavy atom. The maximum Gasteiger partial charge on any atom is 0.178 e. The van der Waals surface area contributed by atoms with Gasteiger partial charge in [0.25, 0.3) is 0 Å². The Balaban J connectivity index is 1.32. The van der Waals surface area contributed by atoms with E-state index < -0.39 is 0 Å². The van der Waals surface area contributed by atoms with Crippen molar-refractivity contribution in [1.29, 1.82) is 10.5 Å². The number of carbonyl (C=O) groups is 1. The number of aromatic nitrogens is 2. The van der Waals surface area contributed by atoms with Gasteiger partial charge in [-0.1, -0.05) is 30.3 Å². The van der Waals surface area contributed by atoms with Crippen LogP contribution in [0.5, 0.6) is 0 Å². The second-order valence-electron chi connectivity index (χ2n) is 11.7. The van der Waals surface area contributed by atoms with Gasteiger partial charge in [0.2, 0.25) is 0 Å². The fourth-order valence-corrected chi connectivity index (χ4v) is 6.09. The van der Waals surface area contributed by atoms with E-state index in [-0.39, 0.29) is 12.3 Å². The highest BCUT2D eigenvalue weighted by Crippen LogP contribution is 2.24. The van der Waals surface area contributed by atoms with Gasteiger partial charge < -0.3 is 13.9 Å². The number of hydrogen-bond donors (Lipinski definition) is 0. The van der Waals surface area contributed by atoms with Crippen molar-refractivity contribution < 1.29 is 9.53 Å². The molecule has 2 aromatic heterocycles. The van der Waals surface area contributed by atoms with Gasteiger partial charge in [0.1, 0.15) is 0 Å². The molecule has 0 spiro atoms. The van der Waals surface area contributed by atoms with Crippen molar-refractivity contribution in [3.63, 3.8) is 0 Å². The van der Waals surface area contributed by atoms with Crippen LogP contribution in [0.4, 0.5) is 0 Å². The zero-order valence-corrected chi connectivity index (χ0v) is 27.0. The van der Waals surface area contributed by atoms with E-state index in [2.05, 4.69) is 58.2 Å². The molecule has 0 aliphatic heterocycles. The first-order chi connectivity index (χ1) is 22.3. The molecule has 232 valence electrons. The molecule has 46 heavy (non-hydrogen) atoms. The first-order valence-corrected chi connectivity index (χ1v) is 15.5. The maximum absolute atomic E-state index is 13.8. The predicted octanol–water partition coefficient (Wildman–Crippen LogP) is 7.19. The van der Waals surface area contributed by atoms with E-state index >= 15 is 0 Å². The molecular weight excluding hydrogens is 570 g/mol. The number of rotatable bonds is 13. The highest BCUT2D eigenvalue weighted by Gasteiger charge is 2.20. The van der Waals surface area contributed by atoms with Crippen molar-refractivity contribution >= 4 is 5.78 Å². The Bertz CT molecular complexity index is 1890. The summed E-state index contributed by atoms with van der Waals surface area (Å²) in [5.41, 5.74) is 10.4. The van der Waals surface area contributed by atoms with E-state index in [1.54, 1.807) is 12.1 Å². The smallest absolute Gasteiger partial charge is 0.178 e. The van der Waals surface area contributed by atoms with Crippen molar-refractivity contribution in [3.05, 3.63) is 142 Å². The van der Waals surface area contributed by atoms with Crippen LogP contribution in [0.3, 0.4) is 0 Å². The molecule has 0 unspecified atom stereocenters. The second-order valence-corrected chi connectivity index (χ2v) is 11.7. The fraction of sp³-hybridized carbons (Fsp3) is 0.256. The quantitative estimate of drug-likeness (QED) is 0.104. The maximum atomic E-state index is 13.8. The minimum atomic E-state index is 0.0686. The number of ether oxygens (including phenoxy) is 1. The number of nitrogens with zero attached hydrogens (tertiary/aromatic N) is 5. The summed E-state index contributed by atoms with van der Waals surface area (Å²) in [6.45, 7) is 10.8. The van der Waals surface area contributed by atoms with Crippen molar-refractivity contribution in [3.8, 4) is 23.5 Å². The Morgan fingerprint density at radius 1 is 0.739 bits per heavy atom. The number of ketones is 1. The van der Waals surface area contributed by atoms with Crippen molar-refractivity contribution in [2.75, 3.05) is 26.2 Å². The third kappa shape index (κ3) is 7.35. The summed E-state index contributed by atoms with van der Waals surface area (Å²) in [4.78, 5) is 16.0. The summed E-state index contributed by atoms with van der Waals surface area (Å²) >= 11 is 0. The van der Waals surface area contributed by atoms with Crippen molar-refractivity contribution in [1.82, 2.24) is 14.0 Å². The number of carbonyl (C=O) groups excluding carboxylic acids is 1. The molecule has 0 saturated carbocycles. The summed E-state index contributed by atoms with van der Waals surface area (Å²) in [5.74, 6) is 0.0686. The minimum absolute atomic E-state index is 0.0686. The lowest BCUT2D eigenvalue weighted by Gasteiger charge is -2.22. The van der Waals surface area contributed by atoms with Gasteiger partial charge in [-0.25, -0.2) is 0 Å². The zero-order chi connectivity index (χ0) is 32.6. The molecule has 0 radical (unpaired) electrons. The molecule has 0 atom stereocenters. The first-order valence-electron chi connectivity index (χ1n) is 15.5. The SMILES string of the molecule is Cc1cc(CCN(CCOCc2ccccc2)CC(=O)c2cc(C)n(-c3ccc(C#N)cc3)c2C)c(C)n1-c1ccc(C#N)cc1. The van der Waals surface area contributed by atoms with Crippen LogP contribution in [0, 0.1) is 50.4 Å². The van der Waals surface area contributed by atoms with Crippen LogP contribution in [0.1, 0.15) is 55.4 Å². The highest BCUT2D eigenvalue weighted by atomic mass is 16.5. The predicted molar refractivity (Wildman–Crippen MR) is 180 cm³/mol. The van der Waals surface area contributed by atoms with Crippen LogP contribution in [0.25, 0.3) is 11.4 Å². The molecule has 0 N–H and O–H groups in total. The lowest BCUT2D eigenvalue weighted by atomic mass is 10.1. The molecule has 5 aromatic rings. The van der Waals surface area contributed by atoms with Gasteiger partial charge in [0.15, 0.2) is 5.78 Å². The van der Waals surface area contributed by atoms with Crippen LogP contribution in [-0.2, 0) is 17.8 Å². The van der Waals surface area contributed by atoms with Gasteiger partial charge >= 0.3 is 0 Å². The Labute approximate surface area is 271 Å². The molecule has 5 rings (SSSR count). The normalized spacial score (nSPS) is 11.0. The molecule has 7 nitrogen and oxygen atoms in total. The van der Waals surface area contributed by atoms with Crippen molar-refractivity contribution in [2.45, 2.75) is 40.7 Å². The fourth-order valence-electron chi connectivity index (χ4n) is 6.09. The Hall–Kier alpha value is -5.21. The average molecular weight is 610 g/mol. The van der Waals surface area contributed by atoms with Gasteiger partial charge in [-0.15, -0.1) is 0 Å². The van der Waals surface area contributed by atoms with Crippen molar-refractivity contribution in [2.24, 2.45) is 0 Å². The Kier molecular flexibility index (Phi) is 10.3. The van der Waals surface area contributed by atoms with E-state index in [9.17, 15) is 15.3 Å². The third-order valence-electron chi connectivity index (χ3n) is 8.50. The zero-order valence-electron chi connectivity index (χ0n) is 27.0. The minimum Gasteiger partial charge on any atom is -0.375 e. The van der Waals surface area contributed by atoms with E-state index in [0.717, 1.165) is 46.1 Å². The van der Waals surface area contributed by atoms with Crippen LogP contribution in [0.15, 0.2) is 91.0 Å². The summed E-state index contributed by atoms with van der Waals surface area (Å²) in [7, 11) is 0. The average Bonchev–Trinajstić information content (AvgIpc) is 3.54. The van der Waals surface area contributed by atoms with Gasteiger partial charge in [0, 0.05) is 52.8 Å². The monoisotopic (exact) mass is 609 g/mol. The van der Waals surface area contributed by atoms with Crippen LogP contribution < -0.4 is 0 Å². The molecule has 7 heteroatoms. The van der Waals surface area contributed by atoms with Gasteiger partial charge in [-0.05, 0) is 106 Å². The topological polar surface area (TPSA) is 87.0 Å². The molecule has 3 aromatic carbocycles. The number of benzene rings is 3. The molecule has 0 saturated heterocycles. The van der Waals surface area contributed by atoms with E-state index in [1.165, 1.54) is 5.56 Å². The third-order valence-corrected chi connectivity index (χ3v) is 8.50. The molecular formula is C39H39N5O2. The lowest BCUT2D eigenvalue weighted by Crippen LogP contribution is -2.35. The van der Waals surface area contributed by atoms with E-state index in [4.69, 9.17) is 4.74 Å². The standard InChI is InChI=1S/C39H39N5O2/c1-28-22-35(30(3)43(28)36-14-10-32(24-40)11-15-36)18-19-42(20-21-46-27-34-8-6-5-7-9-34)26-39(45)38-23-29(2)44(31(38)4)37-16-12-33(25-41)13-17-37/h5-17,22-23H,18-21,26-27H2,1-4H3. The van der Waals surface area contributed by atoms with Crippen LogP contribution >= 0.6 is 0 Å². The van der Waals surface area contributed by atoms with Crippen LogP contribution in [0.2, 0.25) is 0 Å². The molecule has 0 fully saturated rings. The van der Waals surface area contributed by atoms with E-state index in [1.807, 2.05) is 74.5 Å². The van der Waals surface area contributed by atoms with Gasteiger partial charge in [0.05, 0.1) is 43.0 Å². The molecule has 0 aliphatic rings. The lowest BCUT2D eigenvalue weighted by molar-refractivity contribution is 0.0798. The second kappa shape index (κ2) is 14.7. The van der Waals surface area contributed by atoms with Gasteiger partial charge in [-0.2, -0.15) is 10.5 Å². The first kappa shape index (κ1) is 32.2. The molecule has 2 heterocycles. The summed E-state index contributed by atoms with van der Waals surface area (Å²) in [6.07, 6.45) is 0.784. The number of nitriles is 2. The number of hydrogen-bond acceptors (Lipinski definition) is 5. The highest BCUT2D eigenvalue weighted by molar-refractivity contribution is 5.99.